The number of aromatic nitrogens is 2. The van der Waals surface area contributed by atoms with Gasteiger partial charge in [0.05, 0.1) is 11.4 Å². The Labute approximate surface area is 147 Å². The van der Waals surface area contributed by atoms with Crippen LogP contribution in [0.2, 0.25) is 0 Å². The maximum atomic E-state index is 10.8. The van der Waals surface area contributed by atoms with E-state index in [1.54, 1.807) is 0 Å². The van der Waals surface area contributed by atoms with E-state index in [-0.39, 0.29) is 5.41 Å². The summed E-state index contributed by atoms with van der Waals surface area (Å²) in [6.45, 7) is 4.47. The SMILES string of the molecule is CC1(c2ccc(-n3cc4cccc(NC=O)c4n3)cc2)CCCNC1. The van der Waals surface area contributed by atoms with Gasteiger partial charge in [0.25, 0.3) is 0 Å². The monoisotopic (exact) mass is 334 g/mol. The van der Waals surface area contributed by atoms with Crippen LogP contribution in [0.1, 0.15) is 25.3 Å². The highest BCUT2D eigenvalue weighted by atomic mass is 16.1. The molecule has 1 unspecified atom stereocenters. The number of hydrogen-bond acceptors (Lipinski definition) is 3. The van der Waals surface area contributed by atoms with Crippen molar-refractivity contribution in [2.45, 2.75) is 25.2 Å². The lowest BCUT2D eigenvalue weighted by atomic mass is 9.76. The Hall–Kier alpha value is -2.66. The lowest BCUT2D eigenvalue weighted by Gasteiger charge is -2.34. The van der Waals surface area contributed by atoms with Gasteiger partial charge >= 0.3 is 0 Å². The van der Waals surface area contributed by atoms with Crippen LogP contribution >= 0.6 is 0 Å². The molecule has 1 aliphatic rings. The molecule has 1 saturated heterocycles. The minimum atomic E-state index is 0.201. The molecule has 0 spiro atoms. The summed E-state index contributed by atoms with van der Waals surface area (Å²) in [6.07, 6.45) is 5.10. The van der Waals surface area contributed by atoms with Gasteiger partial charge in [0.15, 0.2) is 0 Å². The summed E-state index contributed by atoms with van der Waals surface area (Å²) in [7, 11) is 0. The van der Waals surface area contributed by atoms with E-state index >= 15 is 0 Å². The van der Waals surface area contributed by atoms with Gasteiger partial charge in [-0.25, -0.2) is 4.68 Å². The number of piperidine rings is 1. The average Bonchev–Trinajstić information content (AvgIpc) is 3.08. The van der Waals surface area contributed by atoms with Gasteiger partial charge in [-0.2, -0.15) is 5.10 Å². The summed E-state index contributed by atoms with van der Waals surface area (Å²) in [5.74, 6) is 0. The number of amides is 1. The van der Waals surface area contributed by atoms with Crippen molar-refractivity contribution in [2.75, 3.05) is 18.4 Å². The van der Waals surface area contributed by atoms with E-state index in [2.05, 4.69) is 46.9 Å². The molecule has 0 aliphatic carbocycles. The normalized spacial score (nSPS) is 20.5. The minimum absolute atomic E-state index is 0.201. The summed E-state index contributed by atoms with van der Waals surface area (Å²) in [5.41, 5.74) is 4.10. The fourth-order valence-electron chi connectivity index (χ4n) is 3.68. The van der Waals surface area contributed by atoms with E-state index in [1.807, 2.05) is 29.1 Å². The van der Waals surface area contributed by atoms with Crippen LogP contribution < -0.4 is 10.6 Å². The smallest absolute Gasteiger partial charge is 0.211 e. The van der Waals surface area contributed by atoms with Crippen LogP contribution in [0.15, 0.2) is 48.7 Å². The van der Waals surface area contributed by atoms with Gasteiger partial charge in [0, 0.05) is 23.5 Å². The molecule has 25 heavy (non-hydrogen) atoms. The van der Waals surface area contributed by atoms with Gasteiger partial charge in [0.2, 0.25) is 6.41 Å². The zero-order valence-electron chi connectivity index (χ0n) is 14.3. The van der Waals surface area contributed by atoms with E-state index in [0.29, 0.717) is 6.41 Å². The van der Waals surface area contributed by atoms with Crippen molar-refractivity contribution in [2.24, 2.45) is 0 Å². The van der Waals surface area contributed by atoms with Gasteiger partial charge in [-0.05, 0) is 43.1 Å². The maximum absolute atomic E-state index is 10.8. The number of carbonyl (C=O) groups excluding carboxylic acids is 1. The molecule has 1 aliphatic heterocycles. The van der Waals surface area contributed by atoms with Crippen molar-refractivity contribution >= 4 is 23.0 Å². The van der Waals surface area contributed by atoms with E-state index in [1.165, 1.54) is 18.4 Å². The highest BCUT2D eigenvalue weighted by Gasteiger charge is 2.28. The van der Waals surface area contributed by atoms with Crippen LogP contribution in [0.5, 0.6) is 0 Å². The van der Waals surface area contributed by atoms with E-state index < -0.39 is 0 Å². The zero-order chi connectivity index (χ0) is 17.3. The predicted octanol–water partition coefficient (Wildman–Crippen LogP) is 3.23. The third kappa shape index (κ3) is 2.91. The lowest BCUT2D eigenvalue weighted by molar-refractivity contribution is -0.105. The molecule has 0 saturated carbocycles. The molecule has 0 bridgehead atoms. The van der Waals surface area contributed by atoms with Gasteiger partial charge in [-0.15, -0.1) is 0 Å². The van der Waals surface area contributed by atoms with Gasteiger partial charge in [-0.3, -0.25) is 4.79 Å². The summed E-state index contributed by atoms with van der Waals surface area (Å²) < 4.78 is 1.87. The molecule has 128 valence electrons. The fraction of sp³-hybridized carbons (Fsp3) is 0.300. The molecule has 2 N–H and O–H groups in total. The number of rotatable bonds is 4. The number of nitrogens with zero attached hydrogens (tertiary/aromatic N) is 2. The maximum Gasteiger partial charge on any atom is 0.211 e. The number of nitrogens with one attached hydrogen (secondary N) is 2. The first-order valence-corrected chi connectivity index (χ1v) is 8.70. The molecular weight excluding hydrogens is 312 g/mol. The molecule has 1 amide bonds. The van der Waals surface area contributed by atoms with Crippen molar-refractivity contribution in [1.82, 2.24) is 15.1 Å². The van der Waals surface area contributed by atoms with E-state index in [0.717, 1.165) is 35.4 Å². The van der Waals surface area contributed by atoms with Crippen LogP contribution in [-0.2, 0) is 10.2 Å². The molecule has 2 heterocycles. The van der Waals surface area contributed by atoms with Crippen LogP contribution in [0.3, 0.4) is 0 Å². The van der Waals surface area contributed by atoms with Crippen molar-refractivity contribution in [3.8, 4) is 5.69 Å². The standard InChI is InChI=1S/C20H22N4O/c1-20(10-3-11-21-13-20)16-6-8-17(9-7-16)24-12-15-4-2-5-18(22-14-25)19(15)23-24/h2,4-9,12,14,21H,3,10-11,13H2,1H3,(H,22,25). The third-order valence-electron chi connectivity index (χ3n) is 5.18. The van der Waals surface area contributed by atoms with Gasteiger partial charge in [-0.1, -0.05) is 31.2 Å². The summed E-state index contributed by atoms with van der Waals surface area (Å²) in [4.78, 5) is 10.8. The molecule has 2 aromatic carbocycles. The Morgan fingerprint density at radius 2 is 2.08 bits per heavy atom. The molecule has 3 aromatic rings. The fourth-order valence-corrected chi connectivity index (χ4v) is 3.68. The Morgan fingerprint density at radius 1 is 1.24 bits per heavy atom. The third-order valence-corrected chi connectivity index (χ3v) is 5.18. The second-order valence-electron chi connectivity index (χ2n) is 6.97. The number of carbonyl (C=O) groups is 1. The highest BCUT2D eigenvalue weighted by molar-refractivity contribution is 5.94. The van der Waals surface area contributed by atoms with Crippen LogP contribution in [0, 0.1) is 0 Å². The second kappa shape index (κ2) is 6.33. The highest BCUT2D eigenvalue weighted by Crippen LogP contribution is 2.31. The van der Waals surface area contributed by atoms with Crippen molar-refractivity contribution in [1.29, 1.82) is 0 Å². The Balaban J connectivity index is 1.67. The average molecular weight is 334 g/mol. The van der Waals surface area contributed by atoms with Crippen LogP contribution in [0.25, 0.3) is 16.6 Å². The number of hydrogen-bond donors (Lipinski definition) is 2. The van der Waals surface area contributed by atoms with Crippen LogP contribution in [0.4, 0.5) is 5.69 Å². The second-order valence-corrected chi connectivity index (χ2v) is 6.97. The van der Waals surface area contributed by atoms with Crippen molar-refractivity contribution in [3.05, 3.63) is 54.2 Å². The Kier molecular flexibility index (Phi) is 4.01. The van der Waals surface area contributed by atoms with E-state index in [9.17, 15) is 4.79 Å². The largest absolute Gasteiger partial charge is 0.327 e. The molecule has 1 fully saturated rings. The predicted molar refractivity (Wildman–Crippen MR) is 100 cm³/mol. The Bertz CT molecular complexity index is 892. The molecular formula is C20H22N4O. The van der Waals surface area contributed by atoms with Crippen molar-refractivity contribution < 1.29 is 4.79 Å². The molecule has 5 nitrogen and oxygen atoms in total. The zero-order valence-corrected chi connectivity index (χ0v) is 14.3. The number of fused-ring (bicyclic) bond motifs is 1. The minimum Gasteiger partial charge on any atom is -0.327 e. The van der Waals surface area contributed by atoms with Crippen molar-refractivity contribution in [3.63, 3.8) is 0 Å². The molecule has 0 radical (unpaired) electrons. The molecule has 1 aromatic heterocycles. The first kappa shape index (κ1) is 15.8. The lowest BCUT2D eigenvalue weighted by Crippen LogP contribution is -2.41. The van der Waals surface area contributed by atoms with Crippen LogP contribution in [-0.4, -0.2) is 29.3 Å². The first-order chi connectivity index (χ1) is 12.2. The summed E-state index contributed by atoms with van der Waals surface area (Å²) in [5, 5.41) is 11.9. The summed E-state index contributed by atoms with van der Waals surface area (Å²) >= 11 is 0. The molecule has 1 atom stereocenters. The Morgan fingerprint density at radius 3 is 2.80 bits per heavy atom. The number of anilines is 1. The summed E-state index contributed by atoms with van der Waals surface area (Å²) in [6, 6.07) is 14.4. The van der Waals surface area contributed by atoms with E-state index in [4.69, 9.17) is 0 Å². The topological polar surface area (TPSA) is 59.0 Å². The first-order valence-electron chi connectivity index (χ1n) is 8.70. The van der Waals surface area contributed by atoms with Gasteiger partial charge < -0.3 is 10.6 Å². The molecule has 4 rings (SSSR count). The number of benzene rings is 2. The quantitative estimate of drug-likeness (QED) is 0.720. The van der Waals surface area contributed by atoms with Gasteiger partial charge in [0.1, 0.15) is 5.52 Å². The molecule has 5 heteroatoms.